The lowest BCUT2D eigenvalue weighted by Crippen LogP contribution is -2.49. The lowest BCUT2D eigenvalue weighted by molar-refractivity contribution is 0.0115. The molecule has 234 valence electrons. The average Bonchev–Trinajstić information content (AvgIpc) is 3.48. The van der Waals surface area contributed by atoms with Crippen molar-refractivity contribution < 1.29 is 22.3 Å². The van der Waals surface area contributed by atoms with Crippen LogP contribution in [0.2, 0.25) is 0 Å². The van der Waals surface area contributed by atoms with Gasteiger partial charge in [-0.05, 0) is 42.7 Å². The number of rotatable bonds is 11. The largest absolute Gasteiger partial charge is 0.494 e. The zero-order chi connectivity index (χ0) is 30.5. The Morgan fingerprint density at radius 2 is 1.86 bits per heavy atom. The summed E-state index contributed by atoms with van der Waals surface area (Å²) in [4.78, 5) is 9.49. The molecule has 2 aliphatic rings. The quantitative estimate of drug-likeness (QED) is 0.242. The van der Waals surface area contributed by atoms with Crippen LogP contribution < -0.4 is 15.0 Å². The van der Waals surface area contributed by atoms with Gasteiger partial charge in [0.05, 0.1) is 43.4 Å². The molecule has 2 fully saturated rings. The number of piperidine rings is 1. The second-order valence-corrected chi connectivity index (χ2v) is 12.0. The van der Waals surface area contributed by atoms with Crippen LogP contribution in [0, 0.1) is 0 Å². The molecule has 11 nitrogen and oxygen atoms in total. The van der Waals surface area contributed by atoms with E-state index in [9.17, 15) is 12.8 Å². The van der Waals surface area contributed by atoms with E-state index in [0.717, 1.165) is 90.3 Å². The highest BCUT2D eigenvalue weighted by molar-refractivity contribution is 7.69. The predicted octanol–water partition coefficient (Wildman–Crippen LogP) is 3.75. The van der Waals surface area contributed by atoms with Crippen molar-refractivity contribution >= 4 is 33.7 Å². The Hall–Kier alpha value is -3.78. The minimum absolute atomic E-state index is 0.0661. The molecule has 0 atom stereocenters. The van der Waals surface area contributed by atoms with Crippen LogP contribution in [-0.2, 0) is 22.2 Å². The summed E-state index contributed by atoms with van der Waals surface area (Å²) in [6, 6.07) is 18.0. The van der Waals surface area contributed by atoms with Gasteiger partial charge in [0.1, 0.15) is 12.4 Å². The maximum absolute atomic E-state index is 13.0. The number of aromatic nitrogens is 3. The lowest BCUT2D eigenvalue weighted by atomic mass is 10.0. The maximum Gasteiger partial charge on any atom is 0.245 e. The number of nitrogens with zero attached hydrogens (tertiary/aromatic N) is 6. The van der Waals surface area contributed by atoms with Crippen LogP contribution in [0.3, 0.4) is 0 Å². The van der Waals surface area contributed by atoms with Gasteiger partial charge in [-0.15, -0.1) is 5.10 Å². The van der Waals surface area contributed by atoms with Crippen molar-refractivity contribution in [2.75, 3.05) is 69.9 Å². The van der Waals surface area contributed by atoms with E-state index in [1.54, 1.807) is 17.8 Å². The molecule has 4 aromatic rings. The Morgan fingerprint density at radius 3 is 2.61 bits per heavy atom. The van der Waals surface area contributed by atoms with Crippen molar-refractivity contribution in [3.63, 3.8) is 0 Å². The van der Waals surface area contributed by atoms with E-state index in [-0.39, 0.29) is 13.1 Å². The fraction of sp³-hybridized carbons (Fsp3) is 0.419. The van der Waals surface area contributed by atoms with E-state index in [2.05, 4.69) is 32.2 Å². The van der Waals surface area contributed by atoms with Gasteiger partial charge in [0.15, 0.2) is 0 Å². The molecule has 1 N–H and O–H groups in total. The van der Waals surface area contributed by atoms with Gasteiger partial charge in [-0.2, -0.15) is 4.31 Å². The molecule has 2 aromatic carbocycles. The Bertz CT molecular complexity index is 1640. The number of hydrogen-bond donors (Lipinski definition) is 2. The average molecular weight is 624 g/mol. The molecular formula is C31H38FN7O4S. The summed E-state index contributed by atoms with van der Waals surface area (Å²) >= 11 is 0. The number of fused-ring (bicyclic) bond motifs is 1. The summed E-state index contributed by atoms with van der Waals surface area (Å²) in [5, 5.41) is 8.07. The lowest BCUT2D eigenvalue weighted by Gasteiger charge is -2.40. The number of hydrogen-bond acceptors (Lipinski definition) is 9. The Morgan fingerprint density at radius 1 is 1.07 bits per heavy atom. The van der Waals surface area contributed by atoms with Crippen molar-refractivity contribution in [1.29, 1.82) is 0 Å². The standard InChI is InChI=1S/C31H38FN7O4S/c1-42-30-20-25(36-13-10-24(11-14-36)37-16-18-43-19-17-37)6-8-28(30)34-31-33-21-26-7-9-29(39(26)35-31)27-5-3-2-4-23(27)22-38(15-12-32)44(40)41/h2-9,20-21,24,44H,10-19,22H2,1H3,(H,34,35). The molecule has 2 saturated heterocycles. The zero-order valence-corrected chi connectivity index (χ0v) is 25.7. The molecule has 0 spiro atoms. The summed E-state index contributed by atoms with van der Waals surface area (Å²) in [5.41, 5.74) is 4.96. The third-order valence-electron chi connectivity index (χ3n) is 8.44. The summed E-state index contributed by atoms with van der Waals surface area (Å²) in [6.45, 7) is 4.81. The van der Waals surface area contributed by atoms with Crippen LogP contribution in [-0.4, -0.2) is 98.0 Å². The minimum atomic E-state index is -2.92. The Balaban J connectivity index is 1.20. The molecule has 4 heterocycles. The molecule has 0 radical (unpaired) electrons. The third kappa shape index (κ3) is 6.65. The van der Waals surface area contributed by atoms with Crippen LogP contribution in [0.15, 0.2) is 60.8 Å². The topological polar surface area (TPSA) is 105 Å². The van der Waals surface area contributed by atoms with Crippen molar-refractivity contribution in [2.45, 2.75) is 25.4 Å². The SMILES string of the molecule is COc1cc(N2CCC(N3CCOCC3)CC2)ccc1Nc1ncc2ccc(-c3ccccc3CN(CCF)[SH](=O)=O)n2n1. The van der Waals surface area contributed by atoms with Crippen molar-refractivity contribution in [3.05, 3.63) is 66.4 Å². The smallest absolute Gasteiger partial charge is 0.245 e. The molecule has 2 aromatic heterocycles. The van der Waals surface area contributed by atoms with E-state index in [1.165, 1.54) is 0 Å². The van der Waals surface area contributed by atoms with Crippen LogP contribution in [0.4, 0.5) is 21.7 Å². The summed E-state index contributed by atoms with van der Waals surface area (Å²) in [6.07, 6.45) is 3.98. The second-order valence-electron chi connectivity index (χ2n) is 11.0. The summed E-state index contributed by atoms with van der Waals surface area (Å²) < 4.78 is 50.6. The van der Waals surface area contributed by atoms with Crippen molar-refractivity contribution in [2.24, 2.45) is 0 Å². The predicted molar refractivity (Wildman–Crippen MR) is 169 cm³/mol. The van der Waals surface area contributed by atoms with E-state index in [0.29, 0.717) is 17.7 Å². The van der Waals surface area contributed by atoms with Gasteiger partial charge in [-0.25, -0.2) is 22.3 Å². The molecule has 13 heteroatoms. The first-order valence-electron chi connectivity index (χ1n) is 14.9. The monoisotopic (exact) mass is 623 g/mol. The number of thiol groups is 1. The molecule has 44 heavy (non-hydrogen) atoms. The van der Waals surface area contributed by atoms with E-state index < -0.39 is 17.6 Å². The number of halogens is 1. The highest BCUT2D eigenvalue weighted by atomic mass is 32.2. The molecule has 6 rings (SSSR count). The maximum atomic E-state index is 13.0. The number of ether oxygens (including phenoxy) is 2. The summed E-state index contributed by atoms with van der Waals surface area (Å²) in [7, 11) is -1.26. The first kappa shape index (κ1) is 30.3. The number of morpholine rings is 1. The van der Waals surface area contributed by atoms with Gasteiger partial charge < -0.3 is 19.7 Å². The molecule has 0 saturated carbocycles. The highest BCUT2D eigenvalue weighted by Gasteiger charge is 2.26. The molecule has 0 unspecified atom stereocenters. The number of methoxy groups -OCH3 is 1. The van der Waals surface area contributed by atoms with Crippen LogP contribution in [0.25, 0.3) is 16.8 Å². The third-order valence-corrected chi connectivity index (χ3v) is 9.24. The molecule has 2 aliphatic heterocycles. The van der Waals surface area contributed by atoms with E-state index in [1.807, 2.05) is 42.5 Å². The number of benzene rings is 2. The van der Waals surface area contributed by atoms with Gasteiger partial charge in [0.2, 0.25) is 16.8 Å². The summed E-state index contributed by atoms with van der Waals surface area (Å²) in [5.74, 6) is 1.07. The molecule has 0 aliphatic carbocycles. The first-order valence-corrected chi connectivity index (χ1v) is 16.1. The number of alkyl halides is 1. The van der Waals surface area contributed by atoms with Gasteiger partial charge >= 0.3 is 0 Å². The fourth-order valence-corrected chi connectivity index (χ4v) is 6.62. The second kappa shape index (κ2) is 13.9. The number of anilines is 3. The normalized spacial score (nSPS) is 16.7. The van der Waals surface area contributed by atoms with Crippen molar-refractivity contribution in [1.82, 2.24) is 23.8 Å². The van der Waals surface area contributed by atoms with E-state index in [4.69, 9.17) is 14.6 Å². The van der Waals surface area contributed by atoms with Gasteiger partial charge in [-0.1, -0.05) is 24.3 Å². The fourth-order valence-electron chi connectivity index (χ4n) is 6.12. The van der Waals surface area contributed by atoms with Crippen molar-refractivity contribution in [3.8, 4) is 17.0 Å². The first-order chi connectivity index (χ1) is 21.5. The highest BCUT2D eigenvalue weighted by Crippen LogP contribution is 2.33. The Labute approximate surface area is 258 Å². The van der Waals surface area contributed by atoms with Gasteiger partial charge in [0.25, 0.3) is 0 Å². The molecular weight excluding hydrogens is 585 g/mol. The van der Waals surface area contributed by atoms with Crippen LogP contribution in [0.5, 0.6) is 5.75 Å². The number of nitrogens with one attached hydrogen (secondary N) is 1. The molecule has 0 bridgehead atoms. The van der Waals surface area contributed by atoms with E-state index >= 15 is 0 Å². The minimum Gasteiger partial charge on any atom is -0.494 e. The van der Waals surface area contributed by atoms with Crippen LogP contribution >= 0.6 is 0 Å². The van der Waals surface area contributed by atoms with Crippen LogP contribution in [0.1, 0.15) is 18.4 Å². The zero-order valence-electron chi connectivity index (χ0n) is 24.8. The molecule has 0 amide bonds. The van der Waals surface area contributed by atoms with Gasteiger partial charge in [-0.3, -0.25) is 4.90 Å². The van der Waals surface area contributed by atoms with Gasteiger partial charge in [0, 0.05) is 62.6 Å². The Kier molecular flexibility index (Phi) is 9.55.